The first-order valence-electron chi connectivity index (χ1n) is 8.92. The lowest BCUT2D eigenvalue weighted by atomic mass is 9.91. The van der Waals surface area contributed by atoms with Gasteiger partial charge in [-0.2, -0.15) is 0 Å². The van der Waals surface area contributed by atoms with Crippen LogP contribution in [0.4, 0.5) is 0 Å². The Morgan fingerprint density at radius 3 is 2.43 bits per heavy atom. The van der Waals surface area contributed by atoms with Crippen LogP contribution in [0.15, 0.2) is 30.3 Å². The second-order valence-electron chi connectivity index (χ2n) is 6.57. The smallest absolute Gasteiger partial charge is 0.352 e. The van der Waals surface area contributed by atoms with Crippen molar-refractivity contribution in [2.45, 2.75) is 6.10 Å². The number of esters is 1. The highest BCUT2D eigenvalue weighted by molar-refractivity contribution is 5.90. The number of carbonyl (C=O) groups excluding carboxylic acids is 1. The number of ether oxygens (including phenoxy) is 5. The van der Waals surface area contributed by atoms with Crippen LogP contribution in [0.5, 0.6) is 23.0 Å². The molecule has 28 heavy (non-hydrogen) atoms. The average molecular weight is 387 g/mol. The molecule has 1 aliphatic rings. The minimum Gasteiger partial charge on any atom is -0.493 e. The molecule has 2 aromatic carbocycles. The molecule has 2 aromatic rings. The Balaban J connectivity index is 2.12. The second kappa shape index (κ2) is 8.39. The van der Waals surface area contributed by atoms with Gasteiger partial charge in [0.25, 0.3) is 0 Å². The van der Waals surface area contributed by atoms with Gasteiger partial charge in [-0.25, -0.2) is 4.79 Å². The average Bonchev–Trinajstić information content (AvgIpc) is 2.70. The molecule has 1 unspecified atom stereocenters. The van der Waals surface area contributed by atoms with Crippen LogP contribution in [0, 0.1) is 0 Å². The van der Waals surface area contributed by atoms with Crippen molar-refractivity contribution in [2.24, 2.45) is 0 Å². The van der Waals surface area contributed by atoms with Crippen LogP contribution < -0.4 is 18.9 Å². The van der Waals surface area contributed by atoms with E-state index < -0.39 is 12.1 Å². The van der Waals surface area contributed by atoms with Crippen molar-refractivity contribution in [1.82, 2.24) is 4.90 Å². The van der Waals surface area contributed by atoms with Gasteiger partial charge in [-0.3, -0.25) is 0 Å². The van der Waals surface area contributed by atoms with Gasteiger partial charge in [0.05, 0.1) is 21.3 Å². The quantitative estimate of drug-likeness (QED) is 0.677. The molecule has 7 nitrogen and oxygen atoms in total. The number of fused-ring (bicyclic) bond motifs is 3. The van der Waals surface area contributed by atoms with Crippen molar-refractivity contribution in [3.05, 3.63) is 35.9 Å². The highest BCUT2D eigenvalue weighted by atomic mass is 16.6. The van der Waals surface area contributed by atoms with Crippen LogP contribution in [0.1, 0.15) is 11.7 Å². The highest BCUT2D eigenvalue weighted by Crippen LogP contribution is 2.53. The molecule has 0 aromatic heterocycles. The van der Waals surface area contributed by atoms with Crippen LogP contribution in [0.3, 0.4) is 0 Å². The summed E-state index contributed by atoms with van der Waals surface area (Å²) in [6.45, 7) is 0.893. The monoisotopic (exact) mass is 387 g/mol. The van der Waals surface area contributed by atoms with Crippen LogP contribution in [0.25, 0.3) is 11.1 Å². The maximum atomic E-state index is 12.8. The summed E-state index contributed by atoms with van der Waals surface area (Å²) in [7, 11) is 8.47. The van der Waals surface area contributed by atoms with Gasteiger partial charge in [0.15, 0.2) is 11.5 Å². The van der Waals surface area contributed by atoms with E-state index in [0.29, 0.717) is 35.1 Å². The number of para-hydroxylation sites is 1. The van der Waals surface area contributed by atoms with Gasteiger partial charge in [0.1, 0.15) is 12.4 Å². The third-order valence-electron chi connectivity index (χ3n) is 4.54. The predicted molar refractivity (Wildman–Crippen MR) is 104 cm³/mol. The summed E-state index contributed by atoms with van der Waals surface area (Å²) in [5.74, 6) is 1.51. The first-order valence-corrected chi connectivity index (χ1v) is 8.92. The van der Waals surface area contributed by atoms with Crippen molar-refractivity contribution < 1.29 is 28.5 Å². The maximum Gasteiger partial charge on any atom is 0.352 e. The van der Waals surface area contributed by atoms with E-state index in [-0.39, 0.29) is 6.61 Å². The van der Waals surface area contributed by atoms with E-state index in [9.17, 15) is 4.79 Å². The predicted octanol–water partition coefficient (Wildman–Crippen LogP) is 2.92. The summed E-state index contributed by atoms with van der Waals surface area (Å²) in [4.78, 5) is 14.8. The zero-order valence-corrected chi connectivity index (χ0v) is 16.8. The van der Waals surface area contributed by atoms with E-state index in [1.165, 1.54) is 7.11 Å². The molecular weight excluding hydrogens is 362 g/mol. The van der Waals surface area contributed by atoms with E-state index in [2.05, 4.69) is 0 Å². The van der Waals surface area contributed by atoms with E-state index in [1.54, 1.807) is 20.3 Å². The van der Waals surface area contributed by atoms with Gasteiger partial charge in [0, 0.05) is 23.2 Å². The Morgan fingerprint density at radius 1 is 1.07 bits per heavy atom. The molecule has 1 atom stereocenters. The van der Waals surface area contributed by atoms with Gasteiger partial charge < -0.3 is 28.6 Å². The van der Waals surface area contributed by atoms with Crippen LogP contribution in [0.2, 0.25) is 0 Å². The molecule has 0 spiro atoms. The lowest BCUT2D eigenvalue weighted by Crippen LogP contribution is -2.28. The molecule has 0 aliphatic carbocycles. The van der Waals surface area contributed by atoms with Gasteiger partial charge in [0.2, 0.25) is 11.9 Å². The zero-order valence-electron chi connectivity index (χ0n) is 16.8. The van der Waals surface area contributed by atoms with Crippen molar-refractivity contribution in [3.63, 3.8) is 0 Å². The van der Waals surface area contributed by atoms with E-state index in [4.69, 9.17) is 23.7 Å². The molecule has 150 valence electrons. The number of hydrogen-bond donors (Lipinski definition) is 0. The SMILES string of the molecule is COc1cc2c(c(OC)c1OC)-c1ccccc1OC2C(=O)OCCN(C)C. The summed E-state index contributed by atoms with van der Waals surface area (Å²) in [6.07, 6.45) is -0.930. The van der Waals surface area contributed by atoms with E-state index >= 15 is 0 Å². The van der Waals surface area contributed by atoms with Crippen molar-refractivity contribution >= 4 is 5.97 Å². The Labute approximate surface area is 164 Å². The first-order chi connectivity index (χ1) is 13.5. The maximum absolute atomic E-state index is 12.8. The highest BCUT2D eigenvalue weighted by Gasteiger charge is 2.37. The largest absolute Gasteiger partial charge is 0.493 e. The van der Waals surface area contributed by atoms with Gasteiger partial charge in [-0.15, -0.1) is 0 Å². The van der Waals surface area contributed by atoms with Gasteiger partial charge >= 0.3 is 5.97 Å². The fourth-order valence-corrected chi connectivity index (χ4v) is 3.21. The molecule has 0 amide bonds. The number of nitrogens with zero attached hydrogens (tertiary/aromatic N) is 1. The molecule has 0 fully saturated rings. The summed E-state index contributed by atoms with van der Waals surface area (Å²) >= 11 is 0. The number of likely N-dealkylation sites (N-methyl/N-ethyl adjacent to an activating group) is 1. The second-order valence-corrected chi connectivity index (χ2v) is 6.57. The zero-order chi connectivity index (χ0) is 20.3. The van der Waals surface area contributed by atoms with Crippen molar-refractivity contribution in [1.29, 1.82) is 0 Å². The fraction of sp³-hybridized carbons (Fsp3) is 0.381. The molecule has 1 aliphatic heterocycles. The number of benzene rings is 2. The van der Waals surface area contributed by atoms with Gasteiger partial charge in [-0.05, 0) is 26.2 Å². The summed E-state index contributed by atoms with van der Waals surface area (Å²) < 4.78 is 28.1. The summed E-state index contributed by atoms with van der Waals surface area (Å²) in [6, 6.07) is 9.22. The molecule has 0 N–H and O–H groups in total. The minimum absolute atomic E-state index is 0.271. The topological polar surface area (TPSA) is 66.5 Å². The minimum atomic E-state index is -0.930. The number of hydrogen-bond acceptors (Lipinski definition) is 7. The number of methoxy groups -OCH3 is 3. The third-order valence-corrected chi connectivity index (χ3v) is 4.54. The van der Waals surface area contributed by atoms with Crippen LogP contribution >= 0.6 is 0 Å². The molecule has 1 heterocycles. The Kier molecular flexibility index (Phi) is 5.94. The summed E-state index contributed by atoms with van der Waals surface area (Å²) in [5.41, 5.74) is 2.16. The molecule has 7 heteroatoms. The molecule has 0 radical (unpaired) electrons. The fourth-order valence-electron chi connectivity index (χ4n) is 3.21. The lowest BCUT2D eigenvalue weighted by Gasteiger charge is -2.30. The van der Waals surface area contributed by atoms with Crippen LogP contribution in [-0.2, 0) is 9.53 Å². The Hall–Kier alpha value is -2.93. The Morgan fingerprint density at radius 2 is 1.79 bits per heavy atom. The number of rotatable bonds is 7. The van der Waals surface area contributed by atoms with Crippen molar-refractivity contribution in [2.75, 3.05) is 48.6 Å². The molecule has 0 saturated heterocycles. The molecular formula is C21H25NO6. The van der Waals surface area contributed by atoms with E-state index in [1.807, 2.05) is 43.3 Å². The first kappa shape index (κ1) is 19.8. The van der Waals surface area contributed by atoms with Crippen molar-refractivity contribution in [3.8, 4) is 34.1 Å². The standard InChI is InChI=1S/C21H25NO6/c1-22(2)10-11-27-21(23)18-14-12-16(24-3)19(25-4)20(26-5)17(14)13-8-6-7-9-15(13)28-18/h6-9,12,18H,10-11H2,1-5H3. The lowest BCUT2D eigenvalue weighted by molar-refractivity contribution is -0.152. The number of carbonyl (C=O) groups is 1. The summed E-state index contributed by atoms with van der Waals surface area (Å²) in [5, 5.41) is 0. The van der Waals surface area contributed by atoms with Crippen LogP contribution in [-0.4, -0.2) is 59.4 Å². The molecule has 3 rings (SSSR count). The normalized spacial score (nSPS) is 14.6. The van der Waals surface area contributed by atoms with Gasteiger partial charge in [-0.1, -0.05) is 18.2 Å². The Bertz CT molecular complexity index is 864. The molecule has 0 bridgehead atoms. The molecule has 0 saturated carbocycles. The third kappa shape index (κ3) is 3.57. The van der Waals surface area contributed by atoms with E-state index in [0.717, 1.165) is 11.1 Å².